The number of hydrogen-bond donors (Lipinski definition) is 2. The third-order valence-electron chi connectivity index (χ3n) is 1.72. The summed E-state index contributed by atoms with van der Waals surface area (Å²) in [5.41, 5.74) is 0.574. The number of anilines is 1. The number of halogens is 1. The predicted molar refractivity (Wildman–Crippen MR) is 54.2 cm³/mol. The van der Waals surface area contributed by atoms with Crippen molar-refractivity contribution in [1.82, 2.24) is 4.72 Å². The average molecular weight is 277 g/mol. The van der Waals surface area contributed by atoms with Crippen LogP contribution in [0.5, 0.6) is 0 Å². The molecule has 1 aromatic rings. The fourth-order valence-electron chi connectivity index (χ4n) is 1.15. The molecule has 0 atom stereocenters. The van der Waals surface area contributed by atoms with Crippen LogP contribution in [0.4, 0.5) is 5.69 Å². The molecule has 2 rings (SSSR count). The van der Waals surface area contributed by atoms with Gasteiger partial charge in [-0.1, -0.05) is 6.07 Å². The Morgan fingerprint density at radius 3 is 2.64 bits per heavy atom. The van der Waals surface area contributed by atoms with Crippen molar-refractivity contribution in [3.8, 4) is 0 Å². The summed E-state index contributed by atoms with van der Waals surface area (Å²) in [7, 11) is -3.75. The lowest BCUT2D eigenvalue weighted by molar-refractivity contribution is 0.0981. The molecule has 1 aromatic carbocycles. The Bertz CT molecular complexity index is 512. The van der Waals surface area contributed by atoms with Crippen molar-refractivity contribution in [3.05, 3.63) is 28.2 Å². The molecule has 0 spiro atoms. The third kappa shape index (κ3) is 1.48. The highest BCUT2D eigenvalue weighted by molar-refractivity contribution is 9.10. The van der Waals surface area contributed by atoms with E-state index in [4.69, 9.17) is 0 Å². The Morgan fingerprint density at radius 1 is 1.21 bits per heavy atom. The molecule has 0 saturated heterocycles. The lowest BCUT2D eigenvalue weighted by Crippen LogP contribution is -2.40. The van der Waals surface area contributed by atoms with Crippen LogP contribution in [-0.2, 0) is 10.2 Å². The minimum Gasteiger partial charge on any atom is -0.268 e. The average Bonchev–Trinajstić information content (AvgIpc) is 2.05. The van der Waals surface area contributed by atoms with Gasteiger partial charge in [0.05, 0.1) is 11.3 Å². The van der Waals surface area contributed by atoms with E-state index in [0.717, 1.165) is 0 Å². The second-order valence-electron chi connectivity index (χ2n) is 2.70. The largest absolute Gasteiger partial charge is 0.324 e. The minimum absolute atomic E-state index is 0.274. The van der Waals surface area contributed by atoms with Crippen LogP contribution in [0.15, 0.2) is 22.7 Å². The molecule has 0 saturated carbocycles. The summed E-state index contributed by atoms with van der Waals surface area (Å²) < 4.78 is 26.8. The monoisotopic (exact) mass is 276 g/mol. The minimum atomic E-state index is -3.75. The topological polar surface area (TPSA) is 75.3 Å². The number of carbonyl (C=O) groups excluding carboxylic acids is 1. The van der Waals surface area contributed by atoms with Gasteiger partial charge >= 0.3 is 10.2 Å². The van der Waals surface area contributed by atoms with Gasteiger partial charge in [0.2, 0.25) is 0 Å². The first-order chi connectivity index (χ1) is 6.49. The first kappa shape index (κ1) is 9.47. The fraction of sp³-hybridized carbons (Fsp3) is 0. The highest BCUT2D eigenvalue weighted by Crippen LogP contribution is 2.29. The zero-order chi connectivity index (χ0) is 10.3. The van der Waals surface area contributed by atoms with E-state index < -0.39 is 16.1 Å². The fourth-order valence-corrected chi connectivity index (χ4v) is 2.64. The zero-order valence-electron chi connectivity index (χ0n) is 6.74. The molecule has 1 aliphatic heterocycles. The first-order valence-corrected chi connectivity index (χ1v) is 5.90. The molecule has 0 unspecified atom stereocenters. The maximum atomic E-state index is 11.3. The summed E-state index contributed by atoms with van der Waals surface area (Å²) in [5, 5.41) is 0. The first-order valence-electron chi connectivity index (χ1n) is 3.63. The van der Waals surface area contributed by atoms with E-state index in [-0.39, 0.29) is 5.69 Å². The quantitative estimate of drug-likeness (QED) is 0.738. The molecule has 0 aliphatic carbocycles. The molecule has 2 N–H and O–H groups in total. The number of amides is 1. The van der Waals surface area contributed by atoms with Gasteiger partial charge in [-0.3, -0.25) is 9.52 Å². The Hall–Kier alpha value is -1.08. The van der Waals surface area contributed by atoms with E-state index in [1.807, 2.05) is 4.72 Å². The SMILES string of the molecule is O=C1NS(=O)(=O)Nc2c(Br)cccc21. The van der Waals surface area contributed by atoms with Crippen LogP contribution in [0.25, 0.3) is 0 Å². The van der Waals surface area contributed by atoms with Gasteiger partial charge in [0.15, 0.2) is 0 Å². The number of para-hydroxylation sites is 1. The van der Waals surface area contributed by atoms with E-state index in [1.165, 1.54) is 6.07 Å². The van der Waals surface area contributed by atoms with Crippen molar-refractivity contribution in [2.45, 2.75) is 0 Å². The molecule has 0 radical (unpaired) electrons. The van der Waals surface area contributed by atoms with Crippen molar-refractivity contribution in [3.63, 3.8) is 0 Å². The molecular weight excluding hydrogens is 272 g/mol. The number of hydrogen-bond acceptors (Lipinski definition) is 3. The van der Waals surface area contributed by atoms with Crippen molar-refractivity contribution in [2.24, 2.45) is 0 Å². The number of fused-ring (bicyclic) bond motifs is 1. The Labute approximate surface area is 88.8 Å². The van der Waals surface area contributed by atoms with Crippen LogP contribution in [0.3, 0.4) is 0 Å². The molecule has 7 heteroatoms. The van der Waals surface area contributed by atoms with Crippen LogP contribution >= 0.6 is 15.9 Å². The Kier molecular flexibility index (Phi) is 2.00. The van der Waals surface area contributed by atoms with E-state index in [0.29, 0.717) is 10.0 Å². The molecule has 1 amide bonds. The molecule has 0 aromatic heterocycles. The standard InChI is InChI=1S/C7H5BrN2O3S/c8-5-3-1-2-4-6(5)9-14(12,13)10-7(4)11/h1-3,9H,(H,10,11). The maximum Gasteiger partial charge on any atom is 0.324 e. The maximum absolute atomic E-state index is 11.3. The zero-order valence-corrected chi connectivity index (χ0v) is 9.15. The van der Waals surface area contributed by atoms with Crippen molar-refractivity contribution in [2.75, 3.05) is 4.72 Å². The van der Waals surface area contributed by atoms with E-state index in [2.05, 4.69) is 20.7 Å². The summed E-state index contributed by atoms with van der Waals surface area (Å²) in [5.74, 6) is -0.625. The van der Waals surface area contributed by atoms with Crippen LogP contribution < -0.4 is 9.44 Å². The van der Waals surface area contributed by atoms with Gasteiger partial charge in [0.1, 0.15) is 0 Å². The molecule has 1 heterocycles. The summed E-state index contributed by atoms with van der Waals surface area (Å²) in [6.07, 6.45) is 0. The number of benzene rings is 1. The Morgan fingerprint density at radius 2 is 1.93 bits per heavy atom. The summed E-state index contributed by atoms with van der Waals surface area (Å²) >= 11 is 3.15. The molecule has 0 bridgehead atoms. The van der Waals surface area contributed by atoms with Crippen molar-refractivity contribution in [1.29, 1.82) is 0 Å². The summed E-state index contributed by atoms with van der Waals surface area (Å²) in [6, 6.07) is 4.85. The second kappa shape index (κ2) is 2.96. The van der Waals surface area contributed by atoms with Gasteiger partial charge in [0, 0.05) is 4.47 Å². The van der Waals surface area contributed by atoms with Crippen LogP contribution in [-0.4, -0.2) is 14.3 Å². The highest BCUT2D eigenvalue weighted by atomic mass is 79.9. The van der Waals surface area contributed by atoms with Crippen molar-refractivity contribution >= 4 is 37.7 Å². The summed E-state index contributed by atoms with van der Waals surface area (Å²) in [6.45, 7) is 0. The third-order valence-corrected chi connectivity index (χ3v) is 3.31. The van der Waals surface area contributed by atoms with Gasteiger partial charge in [0.25, 0.3) is 5.91 Å². The molecule has 0 fully saturated rings. The normalized spacial score (nSPS) is 17.9. The number of carbonyl (C=O) groups is 1. The number of rotatable bonds is 0. The van der Waals surface area contributed by atoms with E-state index >= 15 is 0 Å². The molecule has 1 aliphatic rings. The second-order valence-corrected chi connectivity index (χ2v) is 4.97. The molecule has 14 heavy (non-hydrogen) atoms. The lowest BCUT2D eigenvalue weighted by Gasteiger charge is -2.19. The Balaban J connectivity index is 2.68. The van der Waals surface area contributed by atoms with Gasteiger partial charge < -0.3 is 0 Å². The van der Waals surface area contributed by atoms with Gasteiger partial charge in [-0.25, -0.2) is 4.72 Å². The molecule has 5 nitrogen and oxygen atoms in total. The smallest absolute Gasteiger partial charge is 0.268 e. The van der Waals surface area contributed by atoms with E-state index in [1.54, 1.807) is 12.1 Å². The van der Waals surface area contributed by atoms with Gasteiger partial charge in [-0.2, -0.15) is 8.42 Å². The van der Waals surface area contributed by atoms with Gasteiger partial charge in [-0.05, 0) is 28.1 Å². The van der Waals surface area contributed by atoms with Crippen LogP contribution in [0, 0.1) is 0 Å². The van der Waals surface area contributed by atoms with Crippen LogP contribution in [0.1, 0.15) is 10.4 Å². The number of nitrogens with one attached hydrogen (secondary N) is 2. The molecule has 74 valence electrons. The van der Waals surface area contributed by atoms with Crippen LogP contribution in [0.2, 0.25) is 0 Å². The highest BCUT2D eigenvalue weighted by Gasteiger charge is 2.27. The van der Waals surface area contributed by atoms with E-state index in [9.17, 15) is 13.2 Å². The molecular formula is C7H5BrN2O3S. The van der Waals surface area contributed by atoms with Crippen molar-refractivity contribution < 1.29 is 13.2 Å². The lowest BCUT2D eigenvalue weighted by atomic mass is 10.2. The van der Waals surface area contributed by atoms with Gasteiger partial charge in [-0.15, -0.1) is 0 Å². The summed E-state index contributed by atoms with van der Waals surface area (Å²) in [4.78, 5) is 11.3. The predicted octanol–water partition coefficient (Wildman–Crippen LogP) is 0.849.